The van der Waals surface area contributed by atoms with Crippen molar-refractivity contribution in [1.29, 1.82) is 0 Å². The number of carboxylic acids is 1. The molecule has 1 aliphatic carbocycles. The highest BCUT2D eigenvalue weighted by Crippen LogP contribution is 2.31. The first-order valence-electron chi connectivity index (χ1n) is 5.78. The molecule has 1 N–H and O–H groups in total. The zero-order valence-corrected chi connectivity index (χ0v) is 9.52. The number of carboxylic acid groups (broad SMARTS) is 1. The first-order valence-corrected chi connectivity index (χ1v) is 5.78. The number of hydrogen-bond donors (Lipinski definition) is 1. The van der Waals surface area contributed by atoms with Crippen LogP contribution in [0.2, 0.25) is 0 Å². The molecule has 16 heavy (non-hydrogen) atoms. The first-order chi connectivity index (χ1) is 7.66. The SMILES string of the molecule is Cn1nc(CC(=O)O)nc1C1CCCCC1. The van der Waals surface area contributed by atoms with E-state index in [4.69, 9.17) is 5.11 Å². The van der Waals surface area contributed by atoms with E-state index in [0.717, 1.165) is 18.7 Å². The molecular weight excluding hydrogens is 206 g/mol. The molecule has 88 valence electrons. The lowest BCUT2D eigenvalue weighted by molar-refractivity contribution is -0.136. The van der Waals surface area contributed by atoms with Crippen molar-refractivity contribution in [3.63, 3.8) is 0 Å². The molecule has 1 heterocycles. The lowest BCUT2D eigenvalue weighted by Crippen LogP contribution is -2.10. The van der Waals surface area contributed by atoms with E-state index in [1.807, 2.05) is 7.05 Å². The van der Waals surface area contributed by atoms with E-state index in [-0.39, 0.29) is 6.42 Å². The van der Waals surface area contributed by atoms with Gasteiger partial charge in [0.25, 0.3) is 0 Å². The van der Waals surface area contributed by atoms with Gasteiger partial charge in [-0.05, 0) is 12.8 Å². The van der Waals surface area contributed by atoms with E-state index < -0.39 is 5.97 Å². The van der Waals surface area contributed by atoms with Crippen LogP contribution in [0.3, 0.4) is 0 Å². The Labute approximate surface area is 94.5 Å². The summed E-state index contributed by atoms with van der Waals surface area (Å²) in [7, 11) is 1.85. The fourth-order valence-electron chi connectivity index (χ4n) is 2.38. The van der Waals surface area contributed by atoms with Gasteiger partial charge in [-0.1, -0.05) is 19.3 Å². The molecular formula is C11H17N3O2. The monoisotopic (exact) mass is 223 g/mol. The fourth-order valence-corrected chi connectivity index (χ4v) is 2.38. The largest absolute Gasteiger partial charge is 0.481 e. The molecule has 2 rings (SSSR count). The van der Waals surface area contributed by atoms with Crippen LogP contribution in [0.4, 0.5) is 0 Å². The van der Waals surface area contributed by atoms with Crippen molar-refractivity contribution < 1.29 is 9.90 Å². The van der Waals surface area contributed by atoms with Crippen LogP contribution in [0.15, 0.2) is 0 Å². The Morgan fingerprint density at radius 3 is 2.75 bits per heavy atom. The van der Waals surface area contributed by atoms with Crippen LogP contribution in [0.25, 0.3) is 0 Å². The van der Waals surface area contributed by atoms with Crippen molar-refractivity contribution in [2.45, 2.75) is 44.4 Å². The molecule has 1 aromatic heterocycles. The molecule has 0 unspecified atom stereocenters. The Morgan fingerprint density at radius 2 is 2.12 bits per heavy atom. The van der Waals surface area contributed by atoms with E-state index in [9.17, 15) is 4.79 Å². The van der Waals surface area contributed by atoms with Gasteiger partial charge in [0.15, 0.2) is 5.82 Å². The zero-order chi connectivity index (χ0) is 11.5. The normalized spacial score (nSPS) is 17.6. The Bertz CT molecular complexity index is 381. The molecule has 0 amide bonds. The molecule has 1 aliphatic rings. The molecule has 0 aliphatic heterocycles. The summed E-state index contributed by atoms with van der Waals surface area (Å²) in [5.74, 6) is 0.973. The van der Waals surface area contributed by atoms with Crippen LogP contribution in [0, 0.1) is 0 Å². The van der Waals surface area contributed by atoms with Gasteiger partial charge in [-0.2, -0.15) is 5.10 Å². The van der Waals surface area contributed by atoms with E-state index in [2.05, 4.69) is 10.1 Å². The van der Waals surface area contributed by atoms with Crippen LogP contribution in [0.1, 0.15) is 49.7 Å². The topological polar surface area (TPSA) is 68.0 Å². The Hall–Kier alpha value is -1.39. The Morgan fingerprint density at radius 1 is 1.44 bits per heavy atom. The number of carbonyl (C=O) groups is 1. The number of aryl methyl sites for hydroxylation is 1. The highest BCUT2D eigenvalue weighted by molar-refractivity contribution is 5.68. The fraction of sp³-hybridized carbons (Fsp3) is 0.727. The highest BCUT2D eigenvalue weighted by atomic mass is 16.4. The maximum Gasteiger partial charge on any atom is 0.311 e. The number of rotatable bonds is 3. The summed E-state index contributed by atoms with van der Waals surface area (Å²) in [6, 6.07) is 0. The molecule has 0 aromatic carbocycles. The Balaban J connectivity index is 2.13. The molecule has 5 nitrogen and oxygen atoms in total. The molecule has 0 spiro atoms. The van der Waals surface area contributed by atoms with E-state index in [0.29, 0.717) is 11.7 Å². The number of hydrogen-bond acceptors (Lipinski definition) is 3. The smallest absolute Gasteiger partial charge is 0.311 e. The maximum absolute atomic E-state index is 10.6. The third-order valence-electron chi connectivity index (χ3n) is 3.12. The molecule has 0 atom stereocenters. The van der Waals surface area contributed by atoms with E-state index in [1.165, 1.54) is 19.3 Å². The van der Waals surface area contributed by atoms with Gasteiger partial charge in [0, 0.05) is 13.0 Å². The summed E-state index contributed by atoms with van der Waals surface area (Å²) < 4.78 is 1.74. The second-order valence-electron chi connectivity index (χ2n) is 4.42. The van der Waals surface area contributed by atoms with E-state index >= 15 is 0 Å². The highest BCUT2D eigenvalue weighted by Gasteiger charge is 2.21. The molecule has 1 fully saturated rings. The summed E-state index contributed by atoms with van der Waals surface area (Å²) in [6.45, 7) is 0. The predicted molar refractivity (Wildman–Crippen MR) is 58.2 cm³/mol. The summed E-state index contributed by atoms with van der Waals surface area (Å²) in [5.41, 5.74) is 0. The van der Waals surface area contributed by atoms with Gasteiger partial charge in [0.05, 0.1) is 0 Å². The van der Waals surface area contributed by atoms with Crippen LogP contribution < -0.4 is 0 Å². The first kappa shape index (κ1) is 11.1. The third kappa shape index (κ3) is 2.40. The van der Waals surface area contributed by atoms with Gasteiger partial charge >= 0.3 is 5.97 Å². The van der Waals surface area contributed by atoms with Crippen molar-refractivity contribution in [2.75, 3.05) is 0 Å². The zero-order valence-electron chi connectivity index (χ0n) is 9.52. The number of aliphatic carboxylic acids is 1. The summed E-state index contributed by atoms with van der Waals surface area (Å²) in [6.07, 6.45) is 6.01. The molecule has 1 aromatic rings. The van der Waals surface area contributed by atoms with Gasteiger partial charge in [0.2, 0.25) is 0 Å². The second kappa shape index (κ2) is 4.63. The number of nitrogens with zero attached hydrogens (tertiary/aromatic N) is 3. The van der Waals surface area contributed by atoms with Gasteiger partial charge < -0.3 is 5.11 Å². The van der Waals surface area contributed by atoms with Crippen molar-refractivity contribution in [3.8, 4) is 0 Å². The van der Waals surface area contributed by atoms with Crippen molar-refractivity contribution >= 4 is 5.97 Å². The summed E-state index contributed by atoms with van der Waals surface area (Å²) in [5, 5.41) is 12.8. The predicted octanol–water partition coefficient (Wildman–Crippen LogP) is 1.49. The Kier molecular flexibility index (Phi) is 3.22. The maximum atomic E-state index is 10.6. The average molecular weight is 223 g/mol. The molecule has 0 saturated heterocycles. The lowest BCUT2D eigenvalue weighted by atomic mass is 9.89. The molecule has 5 heteroatoms. The van der Waals surface area contributed by atoms with Crippen molar-refractivity contribution in [1.82, 2.24) is 14.8 Å². The minimum atomic E-state index is -0.874. The minimum absolute atomic E-state index is 0.0828. The lowest BCUT2D eigenvalue weighted by Gasteiger charge is -2.20. The molecule has 0 radical (unpaired) electrons. The molecule has 1 saturated carbocycles. The summed E-state index contributed by atoms with van der Waals surface area (Å²) >= 11 is 0. The van der Waals surface area contributed by atoms with Crippen LogP contribution in [-0.2, 0) is 18.3 Å². The van der Waals surface area contributed by atoms with Crippen molar-refractivity contribution in [3.05, 3.63) is 11.6 Å². The van der Waals surface area contributed by atoms with Gasteiger partial charge in [-0.3, -0.25) is 9.48 Å². The van der Waals surface area contributed by atoms with Crippen LogP contribution in [0.5, 0.6) is 0 Å². The van der Waals surface area contributed by atoms with E-state index in [1.54, 1.807) is 4.68 Å². The van der Waals surface area contributed by atoms with Gasteiger partial charge in [-0.25, -0.2) is 4.98 Å². The average Bonchev–Trinajstić information content (AvgIpc) is 2.60. The molecule has 0 bridgehead atoms. The second-order valence-corrected chi connectivity index (χ2v) is 4.42. The van der Waals surface area contributed by atoms with Crippen molar-refractivity contribution in [2.24, 2.45) is 7.05 Å². The van der Waals surface area contributed by atoms with Gasteiger partial charge in [-0.15, -0.1) is 0 Å². The summed E-state index contributed by atoms with van der Waals surface area (Å²) in [4.78, 5) is 14.9. The minimum Gasteiger partial charge on any atom is -0.481 e. The third-order valence-corrected chi connectivity index (χ3v) is 3.12. The van der Waals surface area contributed by atoms with Crippen LogP contribution >= 0.6 is 0 Å². The quantitative estimate of drug-likeness (QED) is 0.843. The van der Waals surface area contributed by atoms with Gasteiger partial charge in [0.1, 0.15) is 12.2 Å². The number of aromatic nitrogens is 3. The standard InChI is InChI=1S/C11H17N3O2/c1-14-11(8-5-3-2-4-6-8)12-9(13-14)7-10(15)16/h8H,2-7H2,1H3,(H,15,16). The van der Waals surface area contributed by atoms with Crippen LogP contribution in [-0.4, -0.2) is 25.8 Å².